The van der Waals surface area contributed by atoms with E-state index in [9.17, 15) is 9.90 Å². The van der Waals surface area contributed by atoms with Gasteiger partial charge in [0.15, 0.2) is 17.7 Å². The van der Waals surface area contributed by atoms with Crippen molar-refractivity contribution in [2.75, 3.05) is 12.8 Å². The second-order valence-electron chi connectivity index (χ2n) is 7.16. The summed E-state index contributed by atoms with van der Waals surface area (Å²) in [5, 5.41) is 13.6. The van der Waals surface area contributed by atoms with E-state index < -0.39 is 12.1 Å². The van der Waals surface area contributed by atoms with Gasteiger partial charge in [-0.1, -0.05) is 12.8 Å². The Morgan fingerprint density at radius 1 is 1.34 bits per heavy atom. The first-order valence-electron chi connectivity index (χ1n) is 9.54. The molecule has 1 saturated carbocycles. The number of aliphatic carboxylic acids is 1. The van der Waals surface area contributed by atoms with E-state index in [4.69, 9.17) is 15.2 Å². The normalized spacial score (nSPS) is 15.6. The molecule has 0 amide bonds. The van der Waals surface area contributed by atoms with Crippen LogP contribution in [0.1, 0.15) is 31.5 Å². The van der Waals surface area contributed by atoms with Gasteiger partial charge in [0, 0.05) is 35.8 Å². The topological polar surface area (TPSA) is 125 Å². The number of nitrogens with two attached hydrogens (primary N) is 1. The smallest absolute Gasteiger partial charge is 0.333 e. The number of hydrogen-bond donors (Lipinski definition) is 2. The number of pyridine rings is 1. The predicted octanol–water partition coefficient (Wildman–Crippen LogP) is 2.54. The van der Waals surface area contributed by atoms with E-state index in [-0.39, 0.29) is 12.5 Å². The molecule has 4 rings (SSSR count). The van der Waals surface area contributed by atoms with Crippen molar-refractivity contribution in [3.63, 3.8) is 0 Å². The van der Waals surface area contributed by atoms with E-state index in [1.807, 2.05) is 6.07 Å². The minimum Gasteiger partial charge on any atom is -0.494 e. The monoisotopic (exact) mass is 397 g/mol. The number of fused-ring (bicyclic) bond motifs is 1. The first-order chi connectivity index (χ1) is 14.1. The van der Waals surface area contributed by atoms with Gasteiger partial charge in [0.25, 0.3) is 0 Å². The van der Waals surface area contributed by atoms with Gasteiger partial charge in [-0.15, -0.1) is 0 Å². The lowest BCUT2D eigenvalue weighted by Gasteiger charge is -2.19. The van der Waals surface area contributed by atoms with Crippen LogP contribution >= 0.6 is 0 Å². The van der Waals surface area contributed by atoms with Gasteiger partial charge in [-0.25, -0.2) is 19.3 Å². The maximum atomic E-state index is 11.5. The van der Waals surface area contributed by atoms with Gasteiger partial charge < -0.3 is 20.3 Å². The average Bonchev–Trinajstić information content (AvgIpc) is 3.36. The van der Waals surface area contributed by atoms with E-state index in [1.165, 1.54) is 0 Å². The van der Waals surface area contributed by atoms with Crippen LogP contribution in [0, 0.1) is 5.92 Å². The predicted molar refractivity (Wildman–Crippen MR) is 105 cm³/mol. The van der Waals surface area contributed by atoms with Crippen molar-refractivity contribution in [3.05, 3.63) is 36.5 Å². The van der Waals surface area contributed by atoms with Crippen molar-refractivity contribution < 1.29 is 19.4 Å². The Morgan fingerprint density at radius 2 is 2.07 bits per heavy atom. The van der Waals surface area contributed by atoms with Crippen molar-refractivity contribution in [3.8, 4) is 16.9 Å². The second kappa shape index (κ2) is 8.04. The summed E-state index contributed by atoms with van der Waals surface area (Å²) in [4.78, 5) is 20.2. The van der Waals surface area contributed by atoms with Gasteiger partial charge in [-0.3, -0.25) is 0 Å². The third-order valence-corrected chi connectivity index (χ3v) is 5.30. The fraction of sp³-hybridized carbons (Fsp3) is 0.400. The number of anilines is 1. The number of rotatable bonds is 7. The Balaban J connectivity index is 1.52. The Morgan fingerprint density at radius 3 is 2.72 bits per heavy atom. The summed E-state index contributed by atoms with van der Waals surface area (Å²) in [5.74, 6) is 0.597. The zero-order valence-electron chi connectivity index (χ0n) is 16.1. The molecule has 3 N–H and O–H groups in total. The minimum absolute atomic E-state index is 0.0586. The summed E-state index contributed by atoms with van der Waals surface area (Å²) < 4.78 is 12.9. The minimum atomic E-state index is -0.924. The molecule has 1 aliphatic rings. The number of carbonyl (C=O) groups is 1. The molecule has 152 valence electrons. The lowest BCUT2D eigenvalue weighted by molar-refractivity contribution is -0.155. The number of carboxylic acids is 1. The molecule has 1 unspecified atom stereocenters. The Labute approximate surface area is 167 Å². The van der Waals surface area contributed by atoms with Crippen LogP contribution in [0.25, 0.3) is 16.6 Å². The first-order valence-corrected chi connectivity index (χ1v) is 9.54. The van der Waals surface area contributed by atoms with Crippen LogP contribution in [-0.2, 0) is 16.1 Å². The maximum absolute atomic E-state index is 11.5. The highest BCUT2D eigenvalue weighted by atomic mass is 16.5. The van der Waals surface area contributed by atoms with Gasteiger partial charge in [0.1, 0.15) is 17.9 Å². The highest BCUT2D eigenvalue weighted by Gasteiger charge is 2.31. The van der Waals surface area contributed by atoms with Crippen molar-refractivity contribution in [1.29, 1.82) is 0 Å². The molecule has 0 saturated heterocycles. The average molecular weight is 397 g/mol. The molecule has 9 nitrogen and oxygen atoms in total. The van der Waals surface area contributed by atoms with E-state index in [0.717, 1.165) is 42.3 Å². The number of nitrogen functional groups attached to an aromatic ring is 1. The quantitative estimate of drug-likeness (QED) is 0.623. The second-order valence-corrected chi connectivity index (χ2v) is 7.16. The molecule has 0 spiro atoms. The van der Waals surface area contributed by atoms with Crippen molar-refractivity contribution in [2.24, 2.45) is 5.92 Å². The summed E-state index contributed by atoms with van der Waals surface area (Å²) >= 11 is 0. The molecular weight excluding hydrogens is 374 g/mol. The maximum Gasteiger partial charge on any atom is 0.333 e. The number of carboxylic acid groups (broad SMARTS) is 1. The third kappa shape index (κ3) is 3.86. The molecular formula is C20H23N5O4. The summed E-state index contributed by atoms with van der Waals surface area (Å²) in [5.41, 5.74) is 8.09. The van der Waals surface area contributed by atoms with Crippen LogP contribution < -0.4 is 10.5 Å². The number of nitrogens with zero attached hydrogens (tertiary/aromatic N) is 4. The molecule has 0 aliphatic heterocycles. The highest BCUT2D eigenvalue weighted by Crippen LogP contribution is 2.34. The summed E-state index contributed by atoms with van der Waals surface area (Å²) in [6, 6.07) is 3.59. The zero-order valence-corrected chi connectivity index (χ0v) is 16.1. The van der Waals surface area contributed by atoms with Crippen molar-refractivity contribution >= 4 is 17.3 Å². The van der Waals surface area contributed by atoms with E-state index >= 15 is 0 Å². The molecule has 1 aliphatic carbocycles. The molecule has 0 bridgehead atoms. The van der Waals surface area contributed by atoms with E-state index in [0.29, 0.717) is 17.4 Å². The highest BCUT2D eigenvalue weighted by molar-refractivity contribution is 5.80. The van der Waals surface area contributed by atoms with Crippen LogP contribution in [0.4, 0.5) is 5.82 Å². The Kier molecular flexibility index (Phi) is 5.30. The van der Waals surface area contributed by atoms with E-state index in [1.54, 1.807) is 36.3 Å². The molecule has 1 atom stereocenters. The molecule has 1 fully saturated rings. The molecule has 9 heteroatoms. The molecule has 3 aromatic rings. The summed E-state index contributed by atoms with van der Waals surface area (Å²) in [7, 11) is 1.58. The van der Waals surface area contributed by atoms with Gasteiger partial charge in [-0.2, -0.15) is 5.10 Å². The molecule has 0 aromatic carbocycles. The van der Waals surface area contributed by atoms with Gasteiger partial charge >= 0.3 is 5.97 Å². The van der Waals surface area contributed by atoms with Gasteiger partial charge in [-0.05, 0) is 24.8 Å². The van der Waals surface area contributed by atoms with Crippen LogP contribution in [0.2, 0.25) is 0 Å². The van der Waals surface area contributed by atoms with Crippen LogP contribution in [0.3, 0.4) is 0 Å². The van der Waals surface area contributed by atoms with Gasteiger partial charge in [0.2, 0.25) is 0 Å². The van der Waals surface area contributed by atoms with Crippen LogP contribution in [-0.4, -0.2) is 43.9 Å². The summed E-state index contributed by atoms with van der Waals surface area (Å²) in [6.07, 6.45) is 8.21. The fourth-order valence-electron chi connectivity index (χ4n) is 3.90. The molecule has 0 radical (unpaired) electrons. The largest absolute Gasteiger partial charge is 0.494 e. The van der Waals surface area contributed by atoms with Crippen molar-refractivity contribution in [1.82, 2.24) is 19.6 Å². The van der Waals surface area contributed by atoms with Crippen LogP contribution in [0.5, 0.6) is 5.75 Å². The SMILES string of the molecule is COc1c(-c2cnc(COC(C(=O)O)C3CCCC3)nc2)ccn2nc(N)cc12. The molecule has 29 heavy (non-hydrogen) atoms. The number of ether oxygens (including phenoxy) is 2. The Bertz CT molecular complexity index is 1010. The van der Waals surface area contributed by atoms with Crippen molar-refractivity contribution in [2.45, 2.75) is 38.4 Å². The fourth-order valence-corrected chi connectivity index (χ4v) is 3.90. The van der Waals surface area contributed by atoms with E-state index in [2.05, 4.69) is 15.1 Å². The molecule has 3 aromatic heterocycles. The number of methoxy groups -OCH3 is 1. The zero-order chi connectivity index (χ0) is 20.4. The summed E-state index contributed by atoms with van der Waals surface area (Å²) in [6.45, 7) is 0.0586. The standard InChI is InChI=1S/C20H23N5O4/c1-28-19-14(6-7-25-15(19)8-16(21)24-25)13-9-22-17(23-10-13)11-29-18(20(26)27)12-4-2-3-5-12/h6-10,12,18H,2-5,11H2,1H3,(H2,21,24)(H,26,27). The number of hydrogen-bond acceptors (Lipinski definition) is 7. The first kappa shape index (κ1) is 19.1. The van der Waals surface area contributed by atoms with Gasteiger partial charge in [0.05, 0.1) is 7.11 Å². The molecule has 3 heterocycles. The van der Waals surface area contributed by atoms with Crippen LogP contribution in [0.15, 0.2) is 30.7 Å². The Hall–Kier alpha value is -3.20. The number of aromatic nitrogens is 4. The lowest BCUT2D eigenvalue weighted by atomic mass is 10.0. The lowest BCUT2D eigenvalue weighted by Crippen LogP contribution is -2.31. The third-order valence-electron chi connectivity index (χ3n) is 5.30.